The lowest BCUT2D eigenvalue weighted by Crippen LogP contribution is -2.14. The zero-order chi connectivity index (χ0) is 13.3. The highest BCUT2D eigenvalue weighted by atomic mass is 35.5. The molecule has 1 atom stereocenters. The fourth-order valence-electron chi connectivity index (χ4n) is 1.92. The summed E-state index contributed by atoms with van der Waals surface area (Å²) >= 11 is 7.42. The van der Waals surface area contributed by atoms with Gasteiger partial charge in [-0.15, -0.1) is 11.3 Å². The van der Waals surface area contributed by atoms with E-state index in [4.69, 9.17) is 17.3 Å². The molecule has 0 bridgehead atoms. The molecular weight excluding hydrogens is 271 g/mol. The van der Waals surface area contributed by atoms with Crippen molar-refractivity contribution in [3.8, 4) is 0 Å². The molecule has 0 saturated carbocycles. The molecule has 2 aromatic rings. The number of aromatic nitrogens is 1. The minimum absolute atomic E-state index is 0.246. The zero-order valence-electron chi connectivity index (χ0n) is 10.2. The number of nitrogens with zero attached hydrogens (tertiary/aromatic N) is 1. The predicted octanol–water partition coefficient (Wildman–Crippen LogP) is 3.79. The van der Waals surface area contributed by atoms with Crippen LogP contribution in [0.2, 0.25) is 5.02 Å². The summed E-state index contributed by atoms with van der Waals surface area (Å²) in [7, 11) is 0. The smallest absolute Gasteiger partial charge is 0.126 e. The molecule has 0 aliphatic rings. The third-order valence-electron chi connectivity index (χ3n) is 2.72. The fourth-order valence-corrected chi connectivity index (χ4v) is 3.04. The Morgan fingerprint density at radius 2 is 2.17 bits per heavy atom. The molecule has 96 valence electrons. The fraction of sp³-hybridized carbons (Fsp3) is 0.308. The van der Waals surface area contributed by atoms with Gasteiger partial charge >= 0.3 is 0 Å². The zero-order valence-corrected chi connectivity index (χ0v) is 11.8. The maximum absolute atomic E-state index is 13.6. The molecule has 0 radical (unpaired) electrons. The molecule has 0 saturated heterocycles. The summed E-state index contributed by atoms with van der Waals surface area (Å²) in [5.41, 5.74) is 7.59. The van der Waals surface area contributed by atoms with Crippen molar-refractivity contribution in [3.05, 3.63) is 50.2 Å². The Hall–Kier alpha value is -0.970. The first kappa shape index (κ1) is 13.5. The van der Waals surface area contributed by atoms with Gasteiger partial charge in [0.15, 0.2) is 0 Å². The lowest BCUT2D eigenvalue weighted by Gasteiger charge is -2.11. The van der Waals surface area contributed by atoms with E-state index in [2.05, 4.69) is 4.98 Å². The van der Waals surface area contributed by atoms with E-state index in [1.807, 2.05) is 13.8 Å². The van der Waals surface area contributed by atoms with Gasteiger partial charge in [-0.25, -0.2) is 9.37 Å². The maximum Gasteiger partial charge on any atom is 0.126 e. The highest BCUT2D eigenvalue weighted by Crippen LogP contribution is 2.27. The maximum atomic E-state index is 13.6. The number of hydrogen-bond donors (Lipinski definition) is 1. The molecule has 0 amide bonds. The third-order valence-corrected chi connectivity index (χ3v) is 4.16. The molecule has 2 rings (SSSR count). The van der Waals surface area contributed by atoms with Crippen LogP contribution in [0.25, 0.3) is 0 Å². The second-order valence-corrected chi connectivity index (χ2v) is 5.90. The van der Waals surface area contributed by atoms with Crippen LogP contribution < -0.4 is 5.73 Å². The van der Waals surface area contributed by atoms with E-state index in [0.717, 1.165) is 15.6 Å². The molecule has 0 aliphatic heterocycles. The first-order chi connectivity index (χ1) is 8.47. The summed E-state index contributed by atoms with van der Waals surface area (Å²) in [6.07, 6.45) is 0.425. The van der Waals surface area contributed by atoms with E-state index in [9.17, 15) is 4.39 Å². The van der Waals surface area contributed by atoms with Crippen LogP contribution >= 0.6 is 22.9 Å². The van der Waals surface area contributed by atoms with E-state index in [1.54, 1.807) is 17.4 Å². The first-order valence-electron chi connectivity index (χ1n) is 5.61. The number of halogens is 2. The van der Waals surface area contributed by atoms with Crippen LogP contribution in [0, 0.1) is 19.7 Å². The van der Waals surface area contributed by atoms with Crippen molar-refractivity contribution in [1.29, 1.82) is 0 Å². The SMILES string of the molecule is Cc1nc(C)c(C(N)Cc2cc(Cl)ccc2F)s1. The summed E-state index contributed by atoms with van der Waals surface area (Å²) in [6, 6.07) is 4.28. The van der Waals surface area contributed by atoms with Crippen LogP contribution in [0.3, 0.4) is 0 Å². The van der Waals surface area contributed by atoms with Crippen LogP contribution in [-0.2, 0) is 6.42 Å². The van der Waals surface area contributed by atoms with Gasteiger partial charge < -0.3 is 5.73 Å². The minimum Gasteiger partial charge on any atom is -0.323 e. The Morgan fingerprint density at radius 3 is 2.78 bits per heavy atom. The molecule has 1 heterocycles. The Bertz CT molecular complexity index is 568. The number of aryl methyl sites for hydroxylation is 2. The van der Waals surface area contributed by atoms with Gasteiger partial charge in [0.2, 0.25) is 0 Å². The molecule has 5 heteroatoms. The Morgan fingerprint density at radius 1 is 1.44 bits per heavy atom. The Balaban J connectivity index is 2.23. The summed E-state index contributed by atoms with van der Waals surface area (Å²) < 4.78 is 13.6. The first-order valence-corrected chi connectivity index (χ1v) is 6.80. The van der Waals surface area contributed by atoms with Crippen molar-refractivity contribution in [3.63, 3.8) is 0 Å². The van der Waals surface area contributed by atoms with Crippen LogP contribution in [0.15, 0.2) is 18.2 Å². The molecule has 2 N–H and O–H groups in total. The molecule has 0 spiro atoms. The summed E-state index contributed by atoms with van der Waals surface area (Å²) in [4.78, 5) is 5.34. The molecule has 1 unspecified atom stereocenters. The second kappa shape index (κ2) is 5.34. The minimum atomic E-state index is -0.270. The van der Waals surface area contributed by atoms with Gasteiger partial charge in [0.05, 0.1) is 10.7 Å². The van der Waals surface area contributed by atoms with E-state index in [1.165, 1.54) is 12.1 Å². The van der Waals surface area contributed by atoms with Crippen molar-refractivity contribution in [2.45, 2.75) is 26.3 Å². The monoisotopic (exact) mass is 284 g/mol. The van der Waals surface area contributed by atoms with Gasteiger partial charge in [-0.3, -0.25) is 0 Å². The lowest BCUT2D eigenvalue weighted by atomic mass is 10.0. The Labute approximate surface area is 115 Å². The van der Waals surface area contributed by atoms with E-state index >= 15 is 0 Å². The molecule has 1 aromatic heterocycles. The van der Waals surface area contributed by atoms with Crippen molar-refractivity contribution in [2.75, 3.05) is 0 Å². The Kier molecular flexibility index (Phi) is 4.00. The number of thiazole rings is 1. The predicted molar refractivity (Wildman–Crippen MR) is 73.6 cm³/mol. The van der Waals surface area contributed by atoms with Crippen molar-refractivity contribution >= 4 is 22.9 Å². The van der Waals surface area contributed by atoms with Crippen molar-refractivity contribution < 1.29 is 4.39 Å². The molecular formula is C13H14ClFN2S. The van der Waals surface area contributed by atoms with Gasteiger partial charge in [-0.1, -0.05) is 11.6 Å². The van der Waals surface area contributed by atoms with E-state index < -0.39 is 0 Å². The van der Waals surface area contributed by atoms with E-state index in [0.29, 0.717) is 17.0 Å². The number of benzene rings is 1. The van der Waals surface area contributed by atoms with Gasteiger partial charge in [0, 0.05) is 15.9 Å². The van der Waals surface area contributed by atoms with Gasteiger partial charge in [-0.05, 0) is 44.0 Å². The number of hydrogen-bond acceptors (Lipinski definition) is 3. The molecule has 0 fully saturated rings. The van der Waals surface area contributed by atoms with Crippen LogP contribution in [-0.4, -0.2) is 4.98 Å². The topological polar surface area (TPSA) is 38.9 Å². The highest BCUT2D eigenvalue weighted by molar-refractivity contribution is 7.11. The lowest BCUT2D eigenvalue weighted by molar-refractivity contribution is 0.594. The highest BCUT2D eigenvalue weighted by Gasteiger charge is 2.16. The molecule has 1 aromatic carbocycles. The molecule has 18 heavy (non-hydrogen) atoms. The quantitative estimate of drug-likeness (QED) is 0.931. The standard InChI is InChI=1S/C13H14ClFN2S/c1-7-13(18-8(2)17-7)12(16)6-9-5-10(14)3-4-11(9)15/h3-5,12H,6,16H2,1-2H3. The second-order valence-electron chi connectivity index (χ2n) is 4.23. The van der Waals surface area contributed by atoms with Crippen LogP contribution in [0.4, 0.5) is 4.39 Å². The van der Waals surface area contributed by atoms with Gasteiger partial charge in [-0.2, -0.15) is 0 Å². The molecule has 2 nitrogen and oxygen atoms in total. The summed E-state index contributed by atoms with van der Waals surface area (Å²) in [6.45, 7) is 3.86. The van der Waals surface area contributed by atoms with E-state index in [-0.39, 0.29) is 11.9 Å². The number of nitrogens with two attached hydrogens (primary N) is 1. The third kappa shape index (κ3) is 2.88. The summed E-state index contributed by atoms with van der Waals surface area (Å²) in [5.74, 6) is -0.270. The average molecular weight is 285 g/mol. The van der Waals surface area contributed by atoms with Crippen molar-refractivity contribution in [1.82, 2.24) is 4.98 Å². The van der Waals surface area contributed by atoms with Crippen LogP contribution in [0.5, 0.6) is 0 Å². The van der Waals surface area contributed by atoms with Gasteiger partial charge in [0.25, 0.3) is 0 Å². The van der Waals surface area contributed by atoms with Crippen LogP contribution in [0.1, 0.15) is 27.2 Å². The number of rotatable bonds is 3. The summed E-state index contributed by atoms with van der Waals surface area (Å²) in [5, 5.41) is 1.50. The van der Waals surface area contributed by atoms with Crippen molar-refractivity contribution in [2.24, 2.45) is 5.73 Å². The largest absolute Gasteiger partial charge is 0.323 e. The molecule has 0 aliphatic carbocycles. The van der Waals surface area contributed by atoms with Gasteiger partial charge in [0.1, 0.15) is 5.82 Å². The normalized spacial score (nSPS) is 12.7. The average Bonchev–Trinajstić information content (AvgIpc) is 2.63.